The van der Waals surface area contributed by atoms with Crippen LogP contribution in [-0.2, 0) is 6.42 Å². The molecule has 0 radical (unpaired) electrons. The van der Waals surface area contributed by atoms with Crippen LogP contribution in [0.15, 0.2) is 133 Å². The number of hydrogen-bond donors (Lipinski definition) is 0. The molecule has 0 N–H and O–H groups in total. The van der Waals surface area contributed by atoms with E-state index in [0.717, 1.165) is 45.6 Å². The molecule has 44 heavy (non-hydrogen) atoms. The molecule has 3 aromatic heterocycles. The van der Waals surface area contributed by atoms with Crippen LogP contribution in [0.4, 0.5) is 0 Å². The minimum absolute atomic E-state index is 0.731. The Kier molecular flexibility index (Phi) is 5.65. The minimum Gasteiger partial charge on any atom is -0.293 e. The van der Waals surface area contributed by atoms with Gasteiger partial charge in [0.25, 0.3) is 0 Å². The summed E-state index contributed by atoms with van der Waals surface area (Å²) in [5.41, 5.74) is 8.17. The van der Waals surface area contributed by atoms with Crippen molar-refractivity contribution in [1.82, 2.24) is 14.5 Å². The summed E-state index contributed by atoms with van der Waals surface area (Å²) in [4.78, 5) is 10.2. The van der Waals surface area contributed by atoms with Gasteiger partial charge in [-0.05, 0) is 66.9 Å². The number of aryl methyl sites for hydroxylation is 1. The summed E-state index contributed by atoms with van der Waals surface area (Å²) in [5, 5.41) is 6.21. The molecular weight excluding hydrogens is 555 g/mol. The fourth-order valence-electron chi connectivity index (χ4n) is 6.63. The Morgan fingerprint density at radius 1 is 0.591 bits per heavy atom. The molecule has 0 amide bonds. The zero-order valence-electron chi connectivity index (χ0n) is 24.2. The molecule has 0 atom stereocenters. The van der Waals surface area contributed by atoms with Gasteiger partial charge >= 0.3 is 0 Å². The molecule has 0 saturated heterocycles. The van der Waals surface area contributed by atoms with E-state index in [1.54, 1.807) is 0 Å². The van der Waals surface area contributed by atoms with Gasteiger partial charge in [-0.1, -0.05) is 96.6 Å². The van der Waals surface area contributed by atoms with Crippen LogP contribution in [-0.4, -0.2) is 14.5 Å². The molecule has 0 spiro atoms. The Bertz CT molecular complexity index is 2540. The smallest absolute Gasteiger partial charge is 0.162 e. The summed E-state index contributed by atoms with van der Waals surface area (Å²) in [7, 11) is 0. The van der Waals surface area contributed by atoms with Gasteiger partial charge in [0.05, 0.1) is 16.6 Å². The second-order valence-electron chi connectivity index (χ2n) is 11.5. The van der Waals surface area contributed by atoms with Gasteiger partial charge in [0.15, 0.2) is 5.82 Å². The summed E-state index contributed by atoms with van der Waals surface area (Å²) in [6, 6.07) is 47.8. The van der Waals surface area contributed by atoms with Crippen LogP contribution < -0.4 is 0 Å². The van der Waals surface area contributed by atoms with Gasteiger partial charge in [-0.15, -0.1) is 11.3 Å². The van der Waals surface area contributed by atoms with Crippen molar-refractivity contribution in [3.8, 4) is 17.2 Å². The number of hydrogen-bond acceptors (Lipinski definition) is 3. The van der Waals surface area contributed by atoms with Crippen molar-refractivity contribution in [1.29, 1.82) is 0 Å². The third-order valence-electron chi connectivity index (χ3n) is 8.69. The molecule has 0 bridgehead atoms. The van der Waals surface area contributed by atoms with E-state index in [2.05, 4.69) is 121 Å². The summed E-state index contributed by atoms with van der Waals surface area (Å²) in [5.74, 6) is 1.63. The lowest BCUT2D eigenvalue weighted by Gasteiger charge is -2.13. The Hall–Kier alpha value is -5.32. The quantitative estimate of drug-likeness (QED) is 0.207. The maximum absolute atomic E-state index is 5.23. The first kappa shape index (κ1) is 25.2. The average molecular weight is 582 g/mol. The zero-order valence-corrected chi connectivity index (χ0v) is 25.0. The van der Waals surface area contributed by atoms with Crippen LogP contribution in [0.5, 0.6) is 0 Å². The molecule has 0 fully saturated rings. The first-order chi connectivity index (χ1) is 21.7. The van der Waals surface area contributed by atoms with Gasteiger partial charge in [0.1, 0.15) is 5.82 Å². The SMILES string of the molecule is Cc1ccc2c(c1)c1cc(Cc3cccc4c3sc3ccccc34)ccc1n2-c1nc(-c2ccccc2)nc2ccccc12. The zero-order chi connectivity index (χ0) is 29.2. The molecule has 0 aliphatic heterocycles. The maximum Gasteiger partial charge on any atom is 0.162 e. The fraction of sp³-hybridized carbons (Fsp3) is 0.0500. The van der Waals surface area contributed by atoms with Crippen molar-refractivity contribution >= 4 is 64.2 Å². The summed E-state index contributed by atoms with van der Waals surface area (Å²) >= 11 is 1.90. The summed E-state index contributed by atoms with van der Waals surface area (Å²) < 4.78 is 5.06. The van der Waals surface area contributed by atoms with E-state index in [9.17, 15) is 0 Å². The van der Waals surface area contributed by atoms with Gasteiger partial charge in [-0.3, -0.25) is 4.57 Å². The molecular formula is C40H27N3S. The van der Waals surface area contributed by atoms with Crippen molar-refractivity contribution in [3.05, 3.63) is 150 Å². The van der Waals surface area contributed by atoms with Crippen molar-refractivity contribution in [3.63, 3.8) is 0 Å². The number of aromatic nitrogens is 3. The Morgan fingerprint density at radius 2 is 1.32 bits per heavy atom. The molecule has 0 saturated carbocycles. The lowest BCUT2D eigenvalue weighted by Crippen LogP contribution is -2.02. The maximum atomic E-state index is 5.23. The van der Waals surface area contributed by atoms with Crippen LogP contribution in [0.2, 0.25) is 0 Å². The summed E-state index contributed by atoms with van der Waals surface area (Å²) in [6.07, 6.45) is 0.882. The molecule has 3 heterocycles. The first-order valence-corrected chi connectivity index (χ1v) is 15.8. The highest BCUT2D eigenvalue weighted by atomic mass is 32.1. The second-order valence-corrected chi connectivity index (χ2v) is 12.6. The molecule has 9 aromatic rings. The van der Waals surface area contributed by atoms with E-state index in [-0.39, 0.29) is 0 Å². The van der Waals surface area contributed by atoms with Gasteiger partial charge < -0.3 is 0 Å². The molecule has 0 unspecified atom stereocenters. The molecule has 0 aliphatic carbocycles. The van der Waals surface area contributed by atoms with Crippen molar-refractivity contribution < 1.29 is 0 Å². The Labute approximate surface area is 258 Å². The topological polar surface area (TPSA) is 30.7 Å². The predicted octanol–water partition coefficient (Wildman–Crippen LogP) is 10.7. The lowest BCUT2D eigenvalue weighted by atomic mass is 10.0. The third-order valence-corrected chi connectivity index (χ3v) is 9.95. The van der Waals surface area contributed by atoms with Crippen LogP contribution in [0.3, 0.4) is 0 Å². The van der Waals surface area contributed by atoms with Gasteiger partial charge in [0, 0.05) is 41.9 Å². The minimum atomic E-state index is 0.731. The monoisotopic (exact) mass is 581 g/mol. The van der Waals surface area contributed by atoms with E-state index in [1.807, 2.05) is 35.6 Å². The van der Waals surface area contributed by atoms with Crippen LogP contribution in [0.1, 0.15) is 16.7 Å². The van der Waals surface area contributed by atoms with Crippen molar-refractivity contribution in [2.75, 3.05) is 0 Å². The number of nitrogens with zero attached hydrogens (tertiary/aromatic N) is 3. The Balaban J connectivity index is 1.26. The first-order valence-electron chi connectivity index (χ1n) is 15.0. The second kappa shape index (κ2) is 9.87. The van der Waals surface area contributed by atoms with Crippen LogP contribution >= 0.6 is 11.3 Å². The number of para-hydroxylation sites is 1. The van der Waals surface area contributed by atoms with E-state index in [0.29, 0.717) is 0 Å². The van der Waals surface area contributed by atoms with E-state index < -0.39 is 0 Å². The molecule has 3 nitrogen and oxygen atoms in total. The Morgan fingerprint density at radius 3 is 2.20 bits per heavy atom. The highest BCUT2D eigenvalue weighted by Gasteiger charge is 2.18. The standard InChI is InChI=1S/C40H27N3S/c1-25-18-20-35-32(22-25)33-24-26(23-28-12-9-15-30-29-13-6-8-17-37(29)44-38(28)30)19-21-36(33)43(35)40-31-14-5-7-16-34(31)41-39(42-40)27-10-3-2-4-11-27/h2-22,24H,23H2,1H3. The molecule has 208 valence electrons. The van der Waals surface area contributed by atoms with Crippen LogP contribution in [0, 0.1) is 6.92 Å². The third kappa shape index (κ3) is 3.95. The molecule has 4 heteroatoms. The van der Waals surface area contributed by atoms with Crippen LogP contribution in [0.25, 0.3) is 70.1 Å². The van der Waals surface area contributed by atoms with Gasteiger partial charge in [-0.2, -0.15) is 0 Å². The normalized spacial score (nSPS) is 11.8. The van der Waals surface area contributed by atoms with E-state index >= 15 is 0 Å². The molecule has 6 aromatic carbocycles. The highest BCUT2D eigenvalue weighted by molar-refractivity contribution is 7.26. The highest BCUT2D eigenvalue weighted by Crippen LogP contribution is 2.38. The predicted molar refractivity (Wildman–Crippen MR) is 186 cm³/mol. The summed E-state index contributed by atoms with van der Waals surface area (Å²) in [6.45, 7) is 2.17. The number of fused-ring (bicyclic) bond motifs is 7. The number of benzene rings is 6. The fourth-order valence-corrected chi connectivity index (χ4v) is 7.85. The van der Waals surface area contributed by atoms with E-state index in [4.69, 9.17) is 9.97 Å². The van der Waals surface area contributed by atoms with Crippen molar-refractivity contribution in [2.24, 2.45) is 0 Å². The number of thiophene rings is 1. The molecule has 9 rings (SSSR count). The van der Waals surface area contributed by atoms with Gasteiger partial charge in [-0.25, -0.2) is 9.97 Å². The largest absolute Gasteiger partial charge is 0.293 e. The van der Waals surface area contributed by atoms with Crippen molar-refractivity contribution in [2.45, 2.75) is 13.3 Å². The van der Waals surface area contributed by atoms with E-state index in [1.165, 1.54) is 47.6 Å². The lowest BCUT2D eigenvalue weighted by molar-refractivity contribution is 1.07. The number of rotatable bonds is 4. The van der Waals surface area contributed by atoms with Gasteiger partial charge in [0.2, 0.25) is 0 Å². The molecule has 0 aliphatic rings. The average Bonchev–Trinajstić information content (AvgIpc) is 3.61.